The maximum atomic E-state index is 12.0. The Morgan fingerprint density at radius 3 is 2.71 bits per heavy atom. The van der Waals surface area contributed by atoms with Crippen LogP contribution in [0.3, 0.4) is 0 Å². The minimum Gasteiger partial charge on any atom is -0.356 e. The lowest BCUT2D eigenvalue weighted by Crippen LogP contribution is -2.25. The van der Waals surface area contributed by atoms with Crippen molar-refractivity contribution < 1.29 is 9.32 Å². The molecule has 0 saturated heterocycles. The highest BCUT2D eigenvalue weighted by Gasteiger charge is 2.11. The quantitative estimate of drug-likeness (QED) is 0.573. The number of hydrogen-bond acceptors (Lipinski definition) is 5. The second-order valence-electron chi connectivity index (χ2n) is 7.27. The summed E-state index contributed by atoms with van der Waals surface area (Å²) in [6.07, 6.45) is 5.42. The molecule has 0 spiro atoms. The van der Waals surface area contributed by atoms with E-state index in [1.54, 1.807) is 0 Å². The maximum absolute atomic E-state index is 12.0. The fraction of sp³-hybridized carbons (Fsp3) is 0.429. The van der Waals surface area contributed by atoms with Crippen molar-refractivity contribution >= 4 is 5.91 Å². The van der Waals surface area contributed by atoms with Crippen LogP contribution in [0.4, 0.5) is 0 Å². The number of carbonyl (C=O) groups excluding carboxylic acids is 1. The van der Waals surface area contributed by atoms with Gasteiger partial charge in [-0.3, -0.25) is 9.48 Å². The van der Waals surface area contributed by atoms with Crippen molar-refractivity contribution in [2.75, 3.05) is 6.54 Å². The van der Waals surface area contributed by atoms with Crippen molar-refractivity contribution in [1.29, 1.82) is 0 Å². The third-order valence-corrected chi connectivity index (χ3v) is 4.52. The number of amides is 1. The fourth-order valence-corrected chi connectivity index (χ4v) is 2.86. The van der Waals surface area contributed by atoms with Gasteiger partial charge in [0.05, 0.1) is 6.20 Å². The van der Waals surface area contributed by atoms with E-state index in [0.717, 1.165) is 24.1 Å². The van der Waals surface area contributed by atoms with E-state index >= 15 is 0 Å². The molecule has 1 amide bonds. The van der Waals surface area contributed by atoms with E-state index in [2.05, 4.69) is 46.5 Å². The summed E-state index contributed by atoms with van der Waals surface area (Å²) >= 11 is 0. The van der Waals surface area contributed by atoms with Crippen LogP contribution in [-0.2, 0) is 17.8 Å². The summed E-state index contributed by atoms with van der Waals surface area (Å²) in [6, 6.07) is 8.15. The Hall–Kier alpha value is -2.96. The lowest BCUT2D eigenvalue weighted by Gasteiger charge is -2.04. The van der Waals surface area contributed by atoms with Gasteiger partial charge in [-0.05, 0) is 30.4 Å². The molecular formula is C21H27N5O2. The molecule has 0 aliphatic heterocycles. The summed E-state index contributed by atoms with van der Waals surface area (Å²) in [7, 11) is 0. The summed E-state index contributed by atoms with van der Waals surface area (Å²) in [5, 5.41) is 11.2. The third-order valence-electron chi connectivity index (χ3n) is 4.52. The minimum atomic E-state index is -0.0160. The molecule has 148 valence electrons. The van der Waals surface area contributed by atoms with Gasteiger partial charge >= 0.3 is 0 Å². The van der Waals surface area contributed by atoms with E-state index < -0.39 is 0 Å². The number of nitrogens with zero attached hydrogens (tertiary/aromatic N) is 4. The predicted molar refractivity (Wildman–Crippen MR) is 107 cm³/mol. The first-order chi connectivity index (χ1) is 13.5. The number of nitrogens with one attached hydrogen (secondary N) is 1. The highest BCUT2D eigenvalue weighted by molar-refractivity contribution is 5.75. The summed E-state index contributed by atoms with van der Waals surface area (Å²) in [4.78, 5) is 16.4. The minimum absolute atomic E-state index is 0.0160. The monoisotopic (exact) mass is 381 g/mol. The zero-order valence-electron chi connectivity index (χ0n) is 16.7. The van der Waals surface area contributed by atoms with Crippen molar-refractivity contribution in [2.24, 2.45) is 0 Å². The molecule has 28 heavy (non-hydrogen) atoms. The molecule has 2 heterocycles. The normalized spacial score (nSPS) is 11.1. The van der Waals surface area contributed by atoms with Crippen LogP contribution in [0.1, 0.15) is 49.6 Å². The van der Waals surface area contributed by atoms with Gasteiger partial charge < -0.3 is 9.84 Å². The SMILES string of the molecule is Cc1cnn(CCCNC(=O)CCc2nc(-c3ccc(C(C)C)cc3)no2)c1. The first-order valence-electron chi connectivity index (χ1n) is 9.70. The number of rotatable bonds is 9. The number of benzene rings is 1. The molecule has 0 atom stereocenters. The Kier molecular flexibility index (Phi) is 6.57. The Balaban J connectivity index is 1.40. The molecule has 0 fully saturated rings. The first-order valence-corrected chi connectivity index (χ1v) is 9.70. The summed E-state index contributed by atoms with van der Waals surface area (Å²) in [5.41, 5.74) is 3.32. The van der Waals surface area contributed by atoms with Gasteiger partial charge in [-0.1, -0.05) is 43.3 Å². The zero-order valence-corrected chi connectivity index (χ0v) is 16.7. The molecule has 3 rings (SSSR count). The van der Waals surface area contributed by atoms with Gasteiger partial charge in [-0.15, -0.1) is 0 Å². The molecule has 0 saturated carbocycles. The zero-order chi connectivity index (χ0) is 19.9. The molecule has 1 N–H and O–H groups in total. The molecule has 7 nitrogen and oxygen atoms in total. The molecular weight excluding hydrogens is 354 g/mol. The van der Waals surface area contributed by atoms with Gasteiger partial charge in [-0.25, -0.2) is 0 Å². The van der Waals surface area contributed by atoms with Gasteiger partial charge in [0.2, 0.25) is 17.6 Å². The average Bonchev–Trinajstić information content (AvgIpc) is 3.32. The van der Waals surface area contributed by atoms with Crippen LogP contribution in [0.2, 0.25) is 0 Å². The average molecular weight is 381 g/mol. The summed E-state index contributed by atoms with van der Waals surface area (Å²) in [5.74, 6) is 1.50. The van der Waals surface area contributed by atoms with Gasteiger partial charge in [-0.2, -0.15) is 10.1 Å². The lowest BCUT2D eigenvalue weighted by atomic mass is 10.0. The van der Waals surface area contributed by atoms with Crippen LogP contribution in [0.25, 0.3) is 11.4 Å². The van der Waals surface area contributed by atoms with Crippen molar-refractivity contribution in [3.05, 3.63) is 53.7 Å². The van der Waals surface area contributed by atoms with E-state index in [0.29, 0.717) is 37.0 Å². The van der Waals surface area contributed by atoms with Gasteiger partial charge in [0, 0.05) is 37.7 Å². The van der Waals surface area contributed by atoms with Crippen LogP contribution < -0.4 is 5.32 Å². The second-order valence-corrected chi connectivity index (χ2v) is 7.27. The highest BCUT2D eigenvalue weighted by atomic mass is 16.5. The Morgan fingerprint density at radius 1 is 1.25 bits per heavy atom. The van der Waals surface area contributed by atoms with E-state index in [4.69, 9.17) is 4.52 Å². The molecule has 0 unspecified atom stereocenters. The van der Waals surface area contributed by atoms with Crippen LogP contribution in [0, 0.1) is 6.92 Å². The van der Waals surface area contributed by atoms with Crippen molar-refractivity contribution in [3.63, 3.8) is 0 Å². The molecule has 0 radical (unpaired) electrons. The van der Waals surface area contributed by atoms with E-state index in [1.807, 2.05) is 36.1 Å². The predicted octanol–water partition coefficient (Wildman–Crippen LogP) is 3.50. The molecule has 1 aromatic carbocycles. The molecule has 0 aliphatic carbocycles. The Bertz CT molecular complexity index is 896. The van der Waals surface area contributed by atoms with Crippen molar-refractivity contribution in [3.8, 4) is 11.4 Å². The van der Waals surface area contributed by atoms with Crippen LogP contribution in [0.5, 0.6) is 0 Å². The molecule has 0 bridgehead atoms. The van der Waals surface area contributed by atoms with Crippen LogP contribution in [-0.4, -0.2) is 32.4 Å². The maximum Gasteiger partial charge on any atom is 0.227 e. The lowest BCUT2D eigenvalue weighted by molar-refractivity contribution is -0.121. The van der Waals surface area contributed by atoms with E-state index in [1.165, 1.54) is 5.56 Å². The first kappa shape index (κ1) is 19.8. The van der Waals surface area contributed by atoms with Gasteiger partial charge in [0.1, 0.15) is 0 Å². The second kappa shape index (κ2) is 9.30. The van der Waals surface area contributed by atoms with Crippen LogP contribution in [0.15, 0.2) is 41.2 Å². The molecule has 2 aromatic heterocycles. The molecule has 3 aromatic rings. The van der Waals surface area contributed by atoms with Crippen LogP contribution >= 0.6 is 0 Å². The van der Waals surface area contributed by atoms with E-state index in [9.17, 15) is 4.79 Å². The number of carbonyl (C=O) groups is 1. The molecule has 0 aliphatic rings. The van der Waals surface area contributed by atoms with Crippen molar-refractivity contribution in [2.45, 2.75) is 52.5 Å². The standard InChI is InChI=1S/C21H27N5O2/c1-15(2)17-5-7-18(8-6-17)21-24-20(28-25-21)10-9-19(27)22-11-4-12-26-14-16(3)13-23-26/h5-8,13-15H,4,9-12H2,1-3H3,(H,22,27). The Labute approximate surface area is 165 Å². The highest BCUT2D eigenvalue weighted by Crippen LogP contribution is 2.20. The number of hydrogen-bond donors (Lipinski definition) is 1. The number of aromatic nitrogens is 4. The largest absolute Gasteiger partial charge is 0.356 e. The number of aryl methyl sites for hydroxylation is 3. The van der Waals surface area contributed by atoms with Gasteiger partial charge in [0.25, 0.3) is 0 Å². The smallest absolute Gasteiger partial charge is 0.227 e. The topological polar surface area (TPSA) is 85.8 Å². The summed E-state index contributed by atoms with van der Waals surface area (Å²) in [6.45, 7) is 7.73. The molecule has 7 heteroatoms. The summed E-state index contributed by atoms with van der Waals surface area (Å²) < 4.78 is 7.16. The third kappa shape index (κ3) is 5.52. The fourth-order valence-electron chi connectivity index (χ4n) is 2.86. The Morgan fingerprint density at radius 2 is 2.04 bits per heavy atom. The van der Waals surface area contributed by atoms with Crippen molar-refractivity contribution in [1.82, 2.24) is 25.2 Å². The van der Waals surface area contributed by atoms with E-state index in [-0.39, 0.29) is 5.91 Å². The van der Waals surface area contributed by atoms with Gasteiger partial charge in [0.15, 0.2) is 0 Å².